The van der Waals surface area contributed by atoms with Crippen molar-refractivity contribution in [2.45, 2.75) is 44.7 Å². The Morgan fingerprint density at radius 3 is 2.75 bits per heavy atom. The summed E-state index contributed by atoms with van der Waals surface area (Å²) in [7, 11) is 0. The molecule has 0 spiro atoms. The number of hydrogen-bond acceptors (Lipinski definition) is 9. The van der Waals surface area contributed by atoms with Crippen molar-refractivity contribution < 1.29 is 38.4 Å². The zero-order valence-electron chi connectivity index (χ0n) is 21.2. The van der Waals surface area contributed by atoms with Crippen molar-refractivity contribution in [1.29, 1.82) is 0 Å². The van der Waals surface area contributed by atoms with Gasteiger partial charge in [0, 0.05) is 39.1 Å². The van der Waals surface area contributed by atoms with Crippen LogP contribution in [0.4, 0.5) is 4.79 Å². The number of nitrogens with one attached hydrogen (secondary N) is 2. The average Bonchev–Trinajstić information content (AvgIpc) is 3.24. The Morgan fingerprint density at radius 2 is 2.00 bits per heavy atom. The van der Waals surface area contributed by atoms with Crippen molar-refractivity contribution >= 4 is 12.0 Å². The van der Waals surface area contributed by atoms with Gasteiger partial charge in [0.1, 0.15) is 31.2 Å². The van der Waals surface area contributed by atoms with Crippen LogP contribution in [-0.2, 0) is 30.2 Å². The zero-order chi connectivity index (χ0) is 25.8. The molecule has 0 unspecified atom stereocenters. The van der Waals surface area contributed by atoms with Gasteiger partial charge in [-0.3, -0.25) is 4.79 Å². The number of carbonyl (C=O) groups excluding carboxylic acids is 2. The van der Waals surface area contributed by atoms with Gasteiger partial charge in [0.05, 0.1) is 19.8 Å². The minimum atomic E-state index is -0.726. The Bertz CT molecular complexity index is 831. The standard InChI is InChI=1S/C25H39N3O8/c1-25(2)35-18-21(36-25)17-34-23(30)8-7-19-5-3-4-6-22(19)33-16-20(29)15-26-9-10-27-24(31)28-11-13-32-14-12-28/h3-6,20-21,26,29H,7-18H2,1-2H3,(H,27,31)/t20-,21+/m0/s1. The van der Waals surface area contributed by atoms with Crippen LogP contribution in [0.15, 0.2) is 24.3 Å². The van der Waals surface area contributed by atoms with Gasteiger partial charge in [-0.2, -0.15) is 0 Å². The number of aryl methyl sites for hydroxylation is 1. The molecular weight excluding hydrogens is 470 g/mol. The molecule has 2 fully saturated rings. The Morgan fingerprint density at radius 1 is 1.22 bits per heavy atom. The lowest BCUT2D eigenvalue weighted by molar-refractivity contribution is -0.158. The summed E-state index contributed by atoms with van der Waals surface area (Å²) in [5, 5.41) is 16.2. The third-order valence-corrected chi connectivity index (χ3v) is 5.76. The molecule has 36 heavy (non-hydrogen) atoms. The number of urea groups is 1. The topological polar surface area (TPSA) is 128 Å². The minimum Gasteiger partial charge on any atom is -0.491 e. The fourth-order valence-corrected chi connectivity index (χ4v) is 3.84. The van der Waals surface area contributed by atoms with E-state index in [9.17, 15) is 14.7 Å². The number of benzene rings is 1. The molecule has 1 aromatic rings. The quantitative estimate of drug-likeness (QED) is 0.260. The van der Waals surface area contributed by atoms with E-state index in [1.165, 1.54) is 0 Å². The highest BCUT2D eigenvalue weighted by molar-refractivity contribution is 5.74. The van der Waals surface area contributed by atoms with Gasteiger partial charge in [-0.15, -0.1) is 0 Å². The number of carbonyl (C=O) groups is 2. The van der Waals surface area contributed by atoms with Crippen LogP contribution < -0.4 is 15.4 Å². The van der Waals surface area contributed by atoms with Crippen molar-refractivity contribution in [2.75, 3.05) is 65.8 Å². The second-order valence-corrected chi connectivity index (χ2v) is 9.24. The number of ether oxygens (including phenoxy) is 5. The molecule has 2 atom stereocenters. The van der Waals surface area contributed by atoms with E-state index in [2.05, 4.69) is 10.6 Å². The summed E-state index contributed by atoms with van der Waals surface area (Å²) in [6.45, 7) is 7.95. The minimum absolute atomic E-state index is 0.101. The average molecular weight is 510 g/mol. The van der Waals surface area contributed by atoms with E-state index in [-0.39, 0.29) is 37.7 Å². The van der Waals surface area contributed by atoms with E-state index < -0.39 is 11.9 Å². The van der Waals surface area contributed by atoms with Crippen LogP contribution in [-0.4, -0.2) is 106 Å². The smallest absolute Gasteiger partial charge is 0.317 e. The molecule has 3 N–H and O–H groups in total. The molecule has 2 amide bonds. The molecule has 2 aliphatic heterocycles. The van der Waals surface area contributed by atoms with Gasteiger partial charge in [-0.1, -0.05) is 18.2 Å². The summed E-state index contributed by atoms with van der Waals surface area (Å²) in [5.41, 5.74) is 0.863. The fourth-order valence-electron chi connectivity index (χ4n) is 3.84. The van der Waals surface area contributed by atoms with Gasteiger partial charge in [-0.25, -0.2) is 4.79 Å². The Balaban J connectivity index is 1.28. The molecule has 0 aliphatic carbocycles. The first-order valence-corrected chi connectivity index (χ1v) is 12.5. The van der Waals surface area contributed by atoms with E-state index in [1.54, 1.807) is 4.90 Å². The second-order valence-electron chi connectivity index (χ2n) is 9.24. The molecule has 1 aromatic carbocycles. The van der Waals surface area contributed by atoms with Gasteiger partial charge in [0.2, 0.25) is 0 Å². The maximum absolute atomic E-state index is 12.2. The summed E-state index contributed by atoms with van der Waals surface area (Å²) in [4.78, 5) is 25.9. The van der Waals surface area contributed by atoms with Crippen LogP contribution in [0.25, 0.3) is 0 Å². The third-order valence-electron chi connectivity index (χ3n) is 5.76. The Hall–Kier alpha value is -2.44. The number of hydrogen-bond donors (Lipinski definition) is 3. The highest BCUT2D eigenvalue weighted by atomic mass is 16.7. The van der Waals surface area contributed by atoms with E-state index in [4.69, 9.17) is 23.7 Å². The summed E-state index contributed by atoms with van der Waals surface area (Å²) in [5.74, 6) is -0.341. The summed E-state index contributed by atoms with van der Waals surface area (Å²) in [6.07, 6.45) is -0.316. The number of nitrogens with zero attached hydrogens (tertiary/aromatic N) is 1. The van der Waals surface area contributed by atoms with Gasteiger partial charge >= 0.3 is 12.0 Å². The van der Waals surface area contributed by atoms with E-state index in [0.717, 1.165) is 5.56 Å². The first kappa shape index (κ1) is 28.1. The molecule has 11 nitrogen and oxygen atoms in total. The van der Waals surface area contributed by atoms with Crippen LogP contribution in [0.2, 0.25) is 0 Å². The molecule has 11 heteroatoms. The maximum Gasteiger partial charge on any atom is 0.317 e. The number of rotatable bonds is 13. The molecule has 0 saturated carbocycles. The normalized spacial score (nSPS) is 20.1. The first-order valence-electron chi connectivity index (χ1n) is 12.5. The number of aliphatic hydroxyl groups is 1. The highest BCUT2D eigenvalue weighted by Gasteiger charge is 2.33. The lowest BCUT2D eigenvalue weighted by atomic mass is 10.1. The number of para-hydroxylation sites is 1. The number of morpholine rings is 1. The van der Waals surface area contributed by atoms with Gasteiger partial charge in [0.25, 0.3) is 0 Å². The summed E-state index contributed by atoms with van der Waals surface area (Å²) in [6, 6.07) is 7.32. The summed E-state index contributed by atoms with van der Waals surface area (Å²) >= 11 is 0. The van der Waals surface area contributed by atoms with E-state index >= 15 is 0 Å². The Kier molecular flexibility index (Phi) is 11.2. The van der Waals surface area contributed by atoms with Crippen molar-refractivity contribution in [3.8, 4) is 5.75 Å². The van der Waals surface area contributed by atoms with Crippen molar-refractivity contribution in [3.05, 3.63) is 29.8 Å². The van der Waals surface area contributed by atoms with Gasteiger partial charge < -0.3 is 44.3 Å². The third kappa shape index (κ3) is 9.90. The van der Waals surface area contributed by atoms with Crippen LogP contribution in [0.5, 0.6) is 5.75 Å². The summed E-state index contributed by atoms with van der Waals surface area (Å²) < 4.78 is 27.5. The predicted octanol–water partition coefficient (Wildman–Crippen LogP) is 0.685. The van der Waals surface area contributed by atoms with Crippen LogP contribution in [0, 0.1) is 0 Å². The first-order chi connectivity index (χ1) is 17.3. The molecule has 2 aliphatic rings. The second kappa shape index (κ2) is 14.3. The highest BCUT2D eigenvalue weighted by Crippen LogP contribution is 2.23. The largest absolute Gasteiger partial charge is 0.491 e. The van der Waals surface area contributed by atoms with Gasteiger partial charge in [-0.05, 0) is 31.9 Å². The van der Waals surface area contributed by atoms with E-state index in [1.807, 2.05) is 38.1 Å². The molecule has 2 heterocycles. The SMILES string of the molecule is CC1(C)OC[C@@H](COC(=O)CCc2ccccc2OC[C@@H](O)CNCCNC(=O)N2CCOCC2)O1. The molecular formula is C25H39N3O8. The van der Waals surface area contributed by atoms with Crippen molar-refractivity contribution in [3.63, 3.8) is 0 Å². The Labute approximate surface area is 212 Å². The zero-order valence-corrected chi connectivity index (χ0v) is 21.2. The molecule has 0 aromatic heterocycles. The van der Waals surface area contributed by atoms with E-state index in [0.29, 0.717) is 64.7 Å². The fraction of sp³-hybridized carbons (Fsp3) is 0.680. The van der Waals surface area contributed by atoms with Crippen LogP contribution >= 0.6 is 0 Å². The lowest BCUT2D eigenvalue weighted by Gasteiger charge is -2.27. The number of esters is 1. The molecule has 202 valence electrons. The van der Waals surface area contributed by atoms with Crippen LogP contribution in [0.3, 0.4) is 0 Å². The van der Waals surface area contributed by atoms with Gasteiger partial charge in [0.15, 0.2) is 5.79 Å². The number of amides is 2. The monoisotopic (exact) mass is 509 g/mol. The van der Waals surface area contributed by atoms with Crippen molar-refractivity contribution in [1.82, 2.24) is 15.5 Å². The molecule has 3 rings (SSSR count). The van der Waals surface area contributed by atoms with Crippen LogP contribution in [0.1, 0.15) is 25.8 Å². The maximum atomic E-state index is 12.2. The molecule has 2 saturated heterocycles. The predicted molar refractivity (Wildman–Crippen MR) is 131 cm³/mol. The van der Waals surface area contributed by atoms with Crippen molar-refractivity contribution in [2.24, 2.45) is 0 Å². The number of aliphatic hydroxyl groups excluding tert-OH is 1. The lowest BCUT2D eigenvalue weighted by Crippen LogP contribution is -2.47. The molecule has 0 radical (unpaired) electrons. The molecule has 0 bridgehead atoms.